The molecule has 0 fully saturated rings. The number of nitrogens with one attached hydrogen (secondary N) is 2. The number of carbonyl (C=O) groups excluding carboxylic acids is 1. The van der Waals surface area contributed by atoms with Crippen LogP contribution in [0.1, 0.15) is 12.0 Å². The molecule has 1 aromatic carbocycles. The largest absolute Gasteiger partial charge is 0.292 e. The molecule has 15 heavy (non-hydrogen) atoms. The number of hydrogen-bond donors (Lipinski definition) is 2. The lowest BCUT2D eigenvalue weighted by Crippen LogP contribution is -2.34. The van der Waals surface area contributed by atoms with E-state index >= 15 is 0 Å². The van der Waals surface area contributed by atoms with Crippen LogP contribution >= 0.6 is 0 Å². The van der Waals surface area contributed by atoms with Gasteiger partial charge in [-0.2, -0.15) is 0 Å². The van der Waals surface area contributed by atoms with Gasteiger partial charge in [-0.1, -0.05) is 0 Å². The van der Waals surface area contributed by atoms with Gasteiger partial charge in [0.25, 0.3) is 0 Å². The van der Waals surface area contributed by atoms with Crippen molar-refractivity contribution in [2.45, 2.75) is 12.8 Å². The smallest absolute Gasteiger partial charge is 0.234 e. The van der Waals surface area contributed by atoms with E-state index in [9.17, 15) is 13.6 Å². The minimum atomic E-state index is -0.500. The van der Waals surface area contributed by atoms with Crippen LogP contribution in [0.3, 0.4) is 0 Å². The van der Waals surface area contributed by atoms with Gasteiger partial charge in [0.2, 0.25) is 5.91 Å². The van der Waals surface area contributed by atoms with Gasteiger partial charge in [-0.3, -0.25) is 10.2 Å². The first-order valence-electron chi connectivity index (χ1n) is 4.53. The number of hydrazine groups is 1. The number of benzene rings is 1. The molecule has 0 saturated heterocycles. The molecule has 0 radical (unpaired) electrons. The second kappa shape index (κ2) is 5.41. The Morgan fingerprint density at radius 3 is 2.80 bits per heavy atom. The summed E-state index contributed by atoms with van der Waals surface area (Å²) in [6.45, 7) is 0. The van der Waals surface area contributed by atoms with Gasteiger partial charge >= 0.3 is 0 Å². The Bertz CT molecular complexity index is 355. The molecule has 0 aliphatic heterocycles. The molecule has 82 valence electrons. The van der Waals surface area contributed by atoms with Gasteiger partial charge in [0.15, 0.2) is 0 Å². The number of halogens is 2. The molecule has 3 nitrogen and oxygen atoms in total. The third-order valence-electron chi connectivity index (χ3n) is 1.89. The van der Waals surface area contributed by atoms with Crippen molar-refractivity contribution in [1.82, 2.24) is 10.9 Å². The summed E-state index contributed by atoms with van der Waals surface area (Å²) in [4.78, 5) is 11.0. The summed E-state index contributed by atoms with van der Waals surface area (Å²) < 4.78 is 25.8. The molecule has 0 aliphatic rings. The molecule has 0 saturated carbocycles. The zero-order valence-electron chi connectivity index (χ0n) is 8.31. The van der Waals surface area contributed by atoms with Crippen molar-refractivity contribution >= 4 is 5.91 Å². The van der Waals surface area contributed by atoms with Crippen LogP contribution in [-0.2, 0) is 11.2 Å². The van der Waals surface area contributed by atoms with E-state index in [1.807, 2.05) is 0 Å². The lowest BCUT2D eigenvalue weighted by atomic mass is 10.1. The lowest BCUT2D eigenvalue weighted by Gasteiger charge is -2.04. The van der Waals surface area contributed by atoms with E-state index in [1.165, 1.54) is 0 Å². The van der Waals surface area contributed by atoms with E-state index in [4.69, 9.17) is 0 Å². The van der Waals surface area contributed by atoms with Crippen molar-refractivity contribution in [3.8, 4) is 0 Å². The standard InChI is InChI=1S/C10H12F2N2O/c1-13-14-10(15)5-2-7-6-8(11)3-4-9(7)12/h3-4,6,13H,2,5H2,1H3,(H,14,15). The van der Waals surface area contributed by atoms with Crippen LogP contribution in [-0.4, -0.2) is 13.0 Å². The fourth-order valence-electron chi connectivity index (χ4n) is 1.19. The first kappa shape index (κ1) is 11.6. The zero-order valence-corrected chi connectivity index (χ0v) is 8.31. The SMILES string of the molecule is CNNC(=O)CCc1cc(F)ccc1F. The van der Waals surface area contributed by atoms with Crippen LogP contribution in [0.5, 0.6) is 0 Å². The Morgan fingerprint density at radius 1 is 1.40 bits per heavy atom. The monoisotopic (exact) mass is 214 g/mol. The normalized spacial score (nSPS) is 10.1. The van der Waals surface area contributed by atoms with E-state index in [0.717, 1.165) is 18.2 Å². The highest BCUT2D eigenvalue weighted by Gasteiger charge is 2.06. The number of carbonyl (C=O) groups is 1. The van der Waals surface area contributed by atoms with E-state index in [1.54, 1.807) is 7.05 Å². The van der Waals surface area contributed by atoms with Gasteiger partial charge in [-0.25, -0.2) is 14.2 Å². The molecule has 0 heterocycles. The fraction of sp³-hybridized carbons (Fsp3) is 0.300. The van der Waals surface area contributed by atoms with Crippen LogP contribution in [0.4, 0.5) is 8.78 Å². The molecule has 0 bridgehead atoms. The number of amides is 1. The van der Waals surface area contributed by atoms with E-state index in [0.29, 0.717) is 0 Å². The minimum Gasteiger partial charge on any atom is -0.292 e. The highest BCUT2D eigenvalue weighted by atomic mass is 19.1. The summed E-state index contributed by atoms with van der Waals surface area (Å²) in [5, 5.41) is 0. The van der Waals surface area contributed by atoms with Crippen LogP contribution < -0.4 is 10.9 Å². The topological polar surface area (TPSA) is 41.1 Å². The molecule has 5 heteroatoms. The highest BCUT2D eigenvalue weighted by molar-refractivity contribution is 5.75. The van der Waals surface area contributed by atoms with Crippen molar-refractivity contribution in [2.24, 2.45) is 0 Å². The summed E-state index contributed by atoms with van der Waals surface area (Å²) in [7, 11) is 1.56. The summed E-state index contributed by atoms with van der Waals surface area (Å²) in [6, 6.07) is 3.20. The molecule has 0 unspecified atom stereocenters. The molecule has 1 rings (SSSR count). The minimum absolute atomic E-state index is 0.112. The van der Waals surface area contributed by atoms with Gasteiger partial charge in [-0.15, -0.1) is 0 Å². The quantitative estimate of drug-likeness (QED) is 0.738. The first-order chi connectivity index (χ1) is 7.13. The lowest BCUT2D eigenvalue weighted by molar-refractivity contribution is -0.121. The Balaban J connectivity index is 2.57. The highest BCUT2D eigenvalue weighted by Crippen LogP contribution is 2.11. The molecule has 0 aromatic heterocycles. The Labute approximate surface area is 86.5 Å². The van der Waals surface area contributed by atoms with Gasteiger partial charge in [0, 0.05) is 13.5 Å². The van der Waals surface area contributed by atoms with Crippen LogP contribution in [0, 0.1) is 11.6 Å². The average Bonchev–Trinajstić information content (AvgIpc) is 2.20. The molecular formula is C10H12F2N2O. The van der Waals surface area contributed by atoms with E-state index < -0.39 is 11.6 Å². The van der Waals surface area contributed by atoms with Crippen molar-refractivity contribution in [2.75, 3.05) is 7.05 Å². The predicted molar refractivity (Wildman–Crippen MR) is 51.9 cm³/mol. The molecule has 1 aromatic rings. The Morgan fingerprint density at radius 2 is 2.13 bits per heavy atom. The fourth-order valence-corrected chi connectivity index (χ4v) is 1.19. The number of rotatable bonds is 4. The van der Waals surface area contributed by atoms with Crippen molar-refractivity contribution in [3.05, 3.63) is 35.4 Å². The third kappa shape index (κ3) is 3.63. The molecule has 2 N–H and O–H groups in total. The molecule has 0 aliphatic carbocycles. The second-order valence-electron chi connectivity index (χ2n) is 3.03. The van der Waals surface area contributed by atoms with Gasteiger partial charge in [0.05, 0.1) is 0 Å². The summed E-state index contributed by atoms with van der Waals surface area (Å²) in [6.07, 6.45) is 0.290. The van der Waals surface area contributed by atoms with E-state index in [-0.39, 0.29) is 24.3 Å². The van der Waals surface area contributed by atoms with Crippen molar-refractivity contribution in [1.29, 1.82) is 0 Å². The number of aryl methyl sites for hydroxylation is 1. The molecule has 0 spiro atoms. The maximum atomic E-state index is 13.1. The molecular weight excluding hydrogens is 202 g/mol. The molecule has 1 amide bonds. The van der Waals surface area contributed by atoms with Gasteiger partial charge in [-0.05, 0) is 30.2 Å². The zero-order chi connectivity index (χ0) is 11.3. The van der Waals surface area contributed by atoms with Gasteiger partial charge < -0.3 is 0 Å². The summed E-state index contributed by atoms with van der Waals surface area (Å²) >= 11 is 0. The second-order valence-corrected chi connectivity index (χ2v) is 3.03. The molecule has 0 atom stereocenters. The summed E-state index contributed by atoms with van der Waals surface area (Å²) in [5.74, 6) is -1.25. The van der Waals surface area contributed by atoms with Crippen LogP contribution in [0.25, 0.3) is 0 Å². The maximum Gasteiger partial charge on any atom is 0.234 e. The first-order valence-corrected chi connectivity index (χ1v) is 4.53. The van der Waals surface area contributed by atoms with Crippen LogP contribution in [0.2, 0.25) is 0 Å². The van der Waals surface area contributed by atoms with Crippen molar-refractivity contribution < 1.29 is 13.6 Å². The number of hydrogen-bond acceptors (Lipinski definition) is 2. The van der Waals surface area contributed by atoms with Gasteiger partial charge in [0.1, 0.15) is 11.6 Å². The predicted octanol–water partition coefficient (Wildman–Crippen LogP) is 1.15. The Kier molecular flexibility index (Phi) is 4.17. The Hall–Kier alpha value is -1.49. The maximum absolute atomic E-state index is 13.1. The van der Waals surface area contributed by atoms with Crippen LogP contribution in [0.15, 0.2) is 18.2 Å². The van der Waals surface area contributed by atoms with Crippen molar-refractivity contribution in [3.63, 3.8) is 0 Å². The summed E-state index contributed by atoms with van der Waals surface area (Å²) in [5.41, 5.74) is 5.02. The third-order valence-corrected chi connectivity index (χ3v) is 1.89. The van der Waals surface area contributed by atoms with E-state index in [2.05, 4.69) is 10.9 Å². The average molecular weight is 214 g/mol.